The van der Waals surface area contributed by atoms with E-state index in [1.165, 1.54) is 64.2 Å². The van der Waals surface area contributed by atoms with Gasteiger partial charge in [-0.05, 0) is 141 Å². The molecule has 6 aliphatic rings. The van der Waals surface area contributed by atoms with Gasteiger partial charge in [-0.3, -0.25) is 28.8 Å². The van der Waals surface area contributed by atoms with Gasteiger partial charge in [0.25, 0.3) is 0 Å². The van der Waals surface area contributed by atoms with Gasteiger partial charge in [-0.2, -0.15) is 0 Å². The number of carbonyl (C=O) groups excluding carboxylic acids is 6. The van der Waals surface area contributed by atoms with Crippen molar-refractivity contribution in [2.75, 3.05) is 0 Å². The second-order valence-electron chi connectivity index (χ2n) is 23.3. The lowest BCUT2D eigenvalue weighted by atomic mass is 9.66. The predicted octanol–water partition coefficient (Wildman–Crippen LogP) is 17.5. The number of phenols is 1. The Bertz CT molecular complexity index is 2330. The minimum absolute atomic E-state index is 0.00981. The molecule has 2 atom stereocenters. The molecule has 0 radical (unpaired) electrons. The molecule has 438 valence electrons. The molecule has 12 heteroatoms. The third-order valence-electron chi connectivity index (χ3n) is 17.5. The van der Waals surface area contributed by atoms with Gasteiger partial charge in [0.1, 0.15) is 23.0 Å². The molecule has 0 aliphatic heterocycles. The largest absolute Gasteiger partial charge is 0.512 e. The Kier molecular flexibility index (Phi) is 29.4. The number of aliphatic hydroxyl groups is 5. The molecule has 5 fully saturated rings. The SMILES string of the molecule is CCC1(C(O)=CC(C)=O)CCCC1.CCC1(C(O)=CC(C)=O)CCCCC1.CCCC(=O)C1=C(O)C2CCC1(C)C2(C)C.CCCC(=O)c1ccccc1O.CCCC(O)=C1CCCC1=O.CCCC(O)=C1CCCCC1=O. The summed E-state index contributed by atoms with van der Waals surface area (Å²) in [5.41, 5.74) is 2.32. The minimum Gasteiger partial charge on any atom is -0.512 e. The number of carbonyl (C=O) groups is 6. The smallest absolute Gasteiger partial charge is 0.166 e. The average molecular weight is 1090 g/mol. The van der Waals surface area contributed by atoms with Gasteiger partial charge in [0.2, 0.25) is 0 Å². The van der Waals surface area contributed by atoms with Crippen LogP contribution in [-0.4, -0.2) is 65.3 Å². The summed E-state index contributed by atoms with van der Waals surface area (Å²) in [5.74, 6) is 2.33. The normalized spacial score (nSPS) is 23.1. The molecule has 0 spiro atoms. The van der Waals surface area contributed by atoms with E-state index < -0.39 is 0 Å². The van der Waals surface area contributed by atoms with Crippen LogP contribution in [0.2, 0.25) is 0 Å². The molecule has 6 N–H and O–H groups in total. The van der Waals surface area contributed by atoms with Crippen molar-refractivity contribution in [3.8, 4) is 5.75 Å². The molecule has 7 rings (SSSR count). The third-order valence-corrected chi connectivity index (χ3v) is 17.5. The first-order valence-electron chi connectivity index (χ1n) is 29.8. The van der Waals surface area contributed by atoms with Gasteiger partial charge < -0.3 is 30.6 Å². The number of aliphatic hydroxyl groups excluding tert-OH is 5. The molecule has 0 aromatic heterocycles. The maximum Gasteiger partial charge on any atom is 0.166 e. The van der Waals surface area contributed by atoms with E-state index in [1.54, 1.807) is 18.2 Å². The summed E-state index contributed by atoms with van der Waals surface area (Å²) in [7, 11) is 0. The number of aromatic hydroxyl groups is 1. The number of phenolic OH excluding ortho intramolecular Hbond substituents is 1. The van der Waals surface area contributed by atoms with E-state index in [2.05, 4.69) is 34.6 Å². The minimum atomic E-state index is -0.103. The summed E-state index contributed by atoms with van der Waals surface area (Å²) >= 11 is 0. The van der Waals surface area contributed by atoms with Crippen molar-refractivity contribution in [3.05, 3.63) is 87.5 Å². The number of ketones is 6. The highest BCUT2D eigenvalue weighted by Gasteiger charge is 2.62. The fourth-order valence-electron chi connectivity index (χ4n) is 12.3. The van der Waals surface area contributed by atoms with E-state index in [0.29, 0.717) is 84.0 Å². The number of rotatable bonds is 16. The van der Waals surface area contributed by atoms with E-state index in [0.717, 1.165) is 115 Å². The highest BCUT2D eigenvalue weighted by molar-refractivity contribution is 5.99. The van der Waals surface area contributed by atoms with Crippen molar-refractivity contribution in [1.29, 1.82) is 0 Å². The summed E-state index contributed by atoms with van der Waals surface area (Å²) in [6.07, 6.45) is 28.4. The molecular weight excluding hydrogens is 985 g/mol. The summed E-state index contributed by atoms with van der Waals surface area (Å²) < 4.78 is 0. The van der Waals surface area contributed by atoms with Crippen LogP contribution in [0.3, 0.4) is 0 Å². The monoisotopic (exact) mass is 1090 g/mol. The van der Waals surface area contributed by atoms with E-state index in [9.17, 15) is 59.4 Å². The summed E-state index contributed by atoms with van der Waals surface area (Å²) in [6, 6.07) is 6.64. The van der Waals surface area contributed by atoms with Crippen molar-refractivity contribution in [1.82, 2.24) is 0 Å². The zero-order chi connectivity index (χ0) is 58.9. The summed E-state index contributed by atoms with van der Waals surface area (Å²) in [5, 5.41) is 58.1. The van der Waals surface area contributed by atoms with Crippen molar-refractivity contribution < 1.29 is 59.4 Å². The van der Waals surface area contributed by atoms with Crippen LogP contribution in [-0.2, 0) is 24.0 Å². The second kappa shape index (κ2) is 33.4. The van der Waals surface area contributed by atoms with Gasteiger partial charge in [-0.15, -0.1) is 0 Å². The topological polar surface area (TPSA) is 224 Å². The van der Waals surface area contributed by atoms with E-state index >= 15 is 0 Å². The Labute approximate surface area is 469 Å². The van der Waals surface area contributed by atoms with Crippen LogP contribution in [0.1, 0.15) is 266 Å². The Balaban J connectivity index is 0.000000321. The molecule has 12 nitrogen and oxygen atoms in total. The van der Waals surface area contributed by atoms with E-state index in [-0.39, 0.29) is 68.0 Å². The first-order valence-corrected chi connectivity index (χ1v) is 29.8. The molecule has 0 saturated heterocycles. The molecule has 0 amide bonds. The number of para-hydroxylation sites is 1. The molecule has 0 heterocycles. The molecule has 6 aliphatic carbocycles. The van der Waals surface area contributed by atoms with Gasteiger partial charge in [0, 0.05) is 89.6 Å². The Morgan fingerprint density at radius 3 is 1.32 bits per heavy atom. The second-order valence-corrected chi connectivity index (χ2v) is 23.3. The average Bonchev–Trinajstić information content (AvgIpc) is 4.29. The lowest BCUT2D eigenvalue weighted by Gasteiger charge is -2.36. The van der Waals surface area contributed by atoms with Crippen LogP contribution >= 0.6 is 0 Å². The number of Topliss-reactive ketones (excluding diaryl/α,β-unsaturated/α-hetero) is 4. The molecule has 2 unspecified atom stereocenters. The highest BCUT2D eigenvalue weighted by atomic mass is 16.3. The first kappa shape index (κ1) is 68.8. The van der Waals surface area contributed by atoms with Crippen LogP contribution in [0.25, 0.3) is 0 Å². The van der Waals surface area contributed by atoms with Crippen LogP contribution in [0.15, 0.2) is 81.9 Å². The van der Waals surface area contributed by atoms with Crippen molar-refractivity contribution in [2.24, 2.45) is 27.6 Å². The lowest BCUT2D eigenvalue weighted by Crippen LogP contribution is -2.32. The molecule has 2 bridgehead atoms. The van der Waals surface area contributed by atoms with Crippen LogP contribution in [0.4, 0.5) is 0 Å². The van der Waals surface area contributed by atoms with Crippen molar-refractivity contribution in [3.63, 3.8) is 0 Å². The van der Waals surface area contributed by atoms with Gasteiger partial charge >= 0.3 is 0 Å². The fourth-order valence-corrected chi connectivity index (χ4v) is 12.3. The number of hydrogen-bond donors (Lipinski definition) is 6. The summed E-state index contributed by atoms with van der Waals surface area (Å²) in [6.45, 7) is 21.6. The van der Waals surface area contributed by atoms with Crippen molar-refractivity contribution >= 4 is 34.7 Å². The lowest BCUT2D eigenvalue weighted by molar-refractivity contribution is -0.117. The maximum absolute atomic E-state index is 12.1. The molecule has 1 aromatic carbocycles. The zero-order valence-electron chi connectivity index (χ0n) is 50.0. The van der Waals surface area contributed by atoms with Gasteiger partial charge in [-0.25, -0.2) is 0 Å². The van der Waals surface area contributed by atoms with E-state index in [4.69, 9.17) is 0 Å². The standard InChI is InChI=1S/C14H22O2.C12H20O2.C11H18O2.C10H16O2.C10H12O2.C9H14O2/c1-5-6-10(15)11-12(16)9-7-8-14(11,4)13(9,2)3;1-3-12(7-5-4-6-8-12)11(14)9-10(2)13;1-3-11(6-4-5-7-11)10(13)8-9(2)12;2*1-2-5-9(11)8-6-3-4-7-10(8)12;1-2-4-8(10)7-5-3-6-9(7)11/h9,16H,5-8H2,1-4H3;9,14H,3-8H2,1-2H3;8,13H,3-7H2,1-2H3;11H,2-7H2,1H3;3-4,6-7,12H,2,5H2,1H3;10H,2-6H2,1H3. The molecule has 5 saturated carbocycles. The van der Waals surface area contributed by atoms with Crippen LogP contribution in [0, 0.1) is 27.6 Å². The Morgan fingerprint density at radius 1 is 0.538 bits per heavy atom. The maximum atomic E-state index is 12.1. The first-order chi connectivity index (χ1) is 36.8. The van der Waals surface area contributed by atoms with Gasteiger partial charge in [-0.1, -0.05) is 107 Å². The van der Waals surface area contributed by atoms with Crippen LogP contribution < -0.4 is 0 Å². The fraction of sp³-hybridized carbons (Fsp3) is 0.667. The number of benzene rings is 1. The molecular formula is C66H102O12. The predicted molar refractivity (Wildman–Crippen MR) is 313 cm³/mol. The summed E-state index contributed by atoms with van der Waals surface area (Å²) in [4.78, 5) is 67.5. The number of fused-ring (bicyclic) bond motifs is 2. The Morgan fingerprint density at radius 2 is 0.949 bits per heavy atom. The van der Waals surface area contributed by atoms with Crippen LogP contribution in [0.5, 0.6) is 5.75 Å². The van der Waals surface area contributed by atoms with Gasteiger partial charge in [0.05, 0.1) is 17.1 Å². The third kappa shape index (κ3) is 19.0. The zero-order valence-corrected chi connectivity index (χ0v) is 50.0. The van der Waals surface area contributed by atoms with Gasteiger partial charge in [0.15, 0.2) is 34.7 Å². The molecule has 78 heavy (non-hydrogen) atoms. The molecule has 1 aromatic rings. The van der Waals surface area contributed by atoms with E-state index in [1.807, 2.05) is 27.7 Å². The Hall–Kier alpha value is -5.26. The quantitative estimate of drug-likeness (QED) is 0.0517. The highest BCUT2D eigenvalue weighted by Crippen LogP contribution is 2.67. The number of allylic oxidation sites excluding steroid dienone is 10. The number of hydrogen-bond acceptors (Lipinski definition) is 12. The van der Waals surface area contributed by atoms with Crippen molar-refractivity contribution in [2.45, 2.75) is 256 Å².